The summed E-state index contributed by atoms with van der Waals surface area (Å²) in [6, 6.07) is 6.48. The highest BCUT2D eigenvalue weighted by molar-refractivity contribution is 7.16. The molecule has 0 aliphatic rings. The lowest BCUT2D eigenvalue weighted by Gasteiger charge is -2.03. The minimum Gasteiger partial charge on any atom is -0.217 e. The lowest BCUT2D eigenvalue weighted by molar-refractivity contribution is 0.770. The monoisotopic (exact) mass is 285 g/mol. The van der Waals surface area contributed by atoms with Crippen LogP contribution in [0.4, 0.5) is 0 Å². The molecule has 4 heteroatoms. The number of nitrogens with zero attached hydrogens (tertiary/aromatic N) is 3. The van der Waals surface area contributed by atoms with Gasteiger partial charge < -0.3 is 0 Å². The van der Waals surface area contributed by atoms with E-state index >= 15 is 0 Å². The molecule has 0 spiro atoms. The van der Waals surface area contributed by atoms with Crippen molar-refractivity contribution in [2.45, 2.75) is 40.0 Å². The Bertz CT molecular complexity index is 708. The number of rotatable bonds is 4. The normalized spacial score (nSPS) is 11.3. The molecule has 0 saturated heterocycles. The summed E-state index contributed by atoms with van der Waals surface area (Å²) in [5.74, 6) is 0. The van der Waals surface area contributed by atoms with E-state index < -0.39 is 0 Å². The average molecular weight is 285 g/mol. The van der Waals surface area contributed by atoms with Gasteiger partial charge in [0, 0.05) is 12.0 Å². The molecule has 104 valence electrons. The molecule has 3 rings (SSSR count). The average Bonchev–Trinajstić information content (AvgIpc) is 2.97. The minimum atomic E-state index is 0.993. The fourth-order valence-electron chi connectivity index (χ4n) is 2.31. The van der Waals surface area contributed by atoms with Crippen molar-refractivity contribution >= 4 is 16.3 Å². The predicted molar refractivity (Wildman–Crippen MR) is 84.4 cm³/mol. The van der Waals surface area contributed by atoms with Gasteiger partial charge in [0.2, 0.25) is 4.96 Å². The first-order chi connectivity index (χ1) is 9.67. The molecule has 0 unspecified atom stereocenters. The highest BCUT2D eigenvalue weighted by Crippen LogP contribution is 2.26. The number of imidazole rings is 1. The van der Waals surface area contributed by atoms with Crippen LogP contribution in [0.2, 0.25) is 0 Å². The zero-order valence-corrected chi connectivity index (χ0v) is 13.0. The molecule has 0 bridgehead atoms. The predicted octanol–water partition coefficient (Wildman–Crippen LogP) is 4.42. The molecule has 20 heavy (non-hydrogen) atoms. The molecule has 3 aromatic rings. The van der Waals surface area contributed by atoms with Crippen molar-refractivity contribution < 1.29 is 0 Å². The third kappa shape index (κ3) is 2.48. The fourth-order valence-corrected chi connectivity index (χ4v) is 3.23. The number of aryl methyl sites for hydroxylation is 3. The minimum absolute atomic E-state index is 0.993. The topological polar surface area (TPSA) is 30.2 Å². The van der Waals surface area contributed by atoms with E-state index in [0.29, 0.717) is 0 Å². The second-order valence-electron chi connectivity index (χ2n) is 5.27. The van der Waals surface area contributed by atoms with Crippen LogP contribution in [0.15, 0.2) is 24.4 Å². The standard InChI is InChI=1S/C16H19N3S/c1-4-5-6-15-18-19-10-14(17-16(19)20-15)13-9-11(2)7-8-12(13)3/h7-10H,4-6H2,1-3H3. The van der Waals surface area contributed by atoms with Crippen molar-refractivity contribution in [2.24, 2.45) is 0 Å². The first-order valence-electron chi connectivity index (χ1n) is 7.10. The fraction of sp³-hybridized carbons (Fsp3) is 0.375. The van der Waals surface area contributed by atoms with Gasteiger partial charge in [-0.05, 0) is 31.9 Å². The van der Waals surface area contributed by atoms with Gasteiger partial charge in [0.1, 0.15) is 5.01 Å². The van der Waals surface area contributed by atoms with Gasteiger partial charge in [0.05, 0.1) is 11.9 Å². The van der Waals surface area contributed by atoms with Crippen molar-refractivity contribution in [2.75, 3.05) is 0 Å². The molecule has 0 saturated carbocycles. The van der Waals surface area contributed by atoms with E-state index in [1.54, 1.807) is 11.3 Å². The Hall–Kier alpha value is -1.68. The Kier molecular flexibility index (Phi) is 3.57. The van der Waals surface area contributed by atoms with Crippen LogP contribution in [0.1, 0.15) is 35.9 Å². The lowest BCUT2D eigenvalue weighted by atomic mass is 10.0. The summed E-state index contributed by atoms with van der Waals surface area (Å²) in [6.07, 6.45) is 5.50. The molecule has 0 aliphatic heterocycles. The zero-order valence-electron chi connectivity index (χ0n) is 12.2. The van der Waals surface area contributed by atoms with Gasteiger partial charge in [-0.25, -0.2) is 9.50 Å². The van der Waals surface area contributed by atoms with Crippen LogP contribution in [-0.4, -0.2) is 14.6 Å². The van der Waals surface area contributed by atoms with Crippen molar-refractivity contribution in [1.29, 1.82) is 0 Å². The highest BCUT2D eigenvalue weighted by Gasteiger charge is 2.11. The molecule has 1 aromatic carbocycles. The number of hydrogen-bond donors (Lipinski definition) is 0. The molecule has 0 aliphatic carbocycles. The molecular weight excluding hydrogens is 266 g/mol. The Morgan fingerprint density at radius 3 is 2.85 bits per heavy atom. The van der Waals surface area contributed by atoms with Crippen molar-refractivity contribution in [1.82, 2.24) is 14.6 Å². The quantitative estimate of drug-likeness (QED) is 0.710. The third-order valence-corrected chi connectivity index (χ3v) is 4.48. The Labute approximate surface area is 123 Å². The maximum Gasteiger partial charge on any atom is 0.212 e. The smallest absolute Gasteiger partial charge is 0.212 e. The van der Waals surface area contributed by atoms with Crippen LogP contribution in [0, 0.1) is 13.8 Å². The van der Waals surface area contributed by atoms with Crippen LogP contribution in [-0.2, 0) is 6.42 Å². The summed E-state index contributed by atoms with van der Waals surface area (Å²) in [6.45, 7) is 6.45. The van der Waals surface area contributed by atoms with Gasteiger partial charge in [0.25, 0.3) is 0 Å². The van der Waals surface area contributed by atoms with Crippen LogP contribution >= 0.6 is 11.3 Å². The number of unbranched alkanes of at least 4 members (excludes halogenated alkanes) is 1. The first kappa shape index (κ1) is 13.3. The van der Waals surface area contributed by atoms with Gasteiger partial charge in [-0.3, -0.25) is 0 Å². The summed E-state index contributed by atoms with van der Waals surface area (Å²) in [5.41, 5.74) is 4.75. The van der Waals surface area contributed by atoms with E-state index in [9.17, 15) is 0 Å². The Morgan fingerprint density at radius 1 is 1.25 bits per heavy atom. The van der Waals surface area contributed by atoms with Crippen molar-refractivity contribution in [3.63, 3.8) is 0 Å². The van der Waals surface area contributed by atoms with Gasteiger partial charge in [-0.2, -0.15) is 5.10 Å². The van der Waals surface area contributed by atoms with Crippen molar-refractivity contribution in [3.8, 4) is 11.3 Å². The summed E-state index contributed by atoms with van der Waals surface area (Å²) < 4.78 is 1.92. The van der Waals surface area contributed by atoms with Crippen LogP contribution in [0.3, 0.4) is 0 Å². The van der Waals surface area contributed by atoms with Gasteiger partial charge in [-0.15, -0.1) is 0 Å². The molecule has 2 aromatic heterocycles. The summed E-state index contributed by atoms with van der Waals surface area (Å²) >= 11 is 1.70. The molecule has 0 fully saturated rings. The van der Waals surface area contributed by atoms with Gasteiger partial charge in [-0.1, -0.05) is 42.4 Å². The maximum atomic E-state index is 4.73. The van der Waals surface area contributed by atoms with E-state index in [1.165, 1.54) is 34.5 Å². The van der Waals surface area contributed by atoms with E-state index in [1.807, 2.05) is 10.7 Å². The number of aromatic nitrogens is 3. The zero-order chi connectivity index (χ0) is 14.1. The molecule has 0 amide bonds. The largest absolute Gasteiger partial charge is 0.217 e. The Balaban J connectivity index is 1.97. The second kappa shape index (κ2) is 5.37. The summed E-state index contributed by atoms with van der Waals surface area (Å²) in [5, 5.41) is 5.80. The van der Waals surface area contributed by atoms with Gasteiger partial charge >= 0.3 is 0 Å². The Morgan fingerprint density at radius 2 is 2.10 bits per heavy atom. The first-order valence-corrected chi connectivity index (χ1v) is 7.91. The molecule has 0 N–H and O–H groups in total. The molecule has 0 radical (unpaired) electrons. The van der Waals surface area contributed by atoms with Crippen molar-refractivity contribution in [3.05, 3.63) is 40.5 Å². The second-order valence-corrected chi connectivity index (χ2v) is 6.31. The lowest BCUT2D eigenvalue weighted by Crippen LogP contribution is -1.87. The van der Waals surface area contributed by atoms with Gasteiger partial charge in [0.15, 0.2) is 0 Å². The molecular formula is C16H19N3S. The summed E-state index contributed by atoms with van der Waals surface area (Å²) in [7, 11) is 0. The van der Waals surface area contributed by atoms with E-state index in [0.717, 1.165) is 17.1 Å². The van der Waals surface area contributed by atoms with Crippen LogP contribution in [0.25, 0.3) is 16.2 Å². The van der Waals surface area contributed by atoms with E-state index in [2.05, 4.69) is 44.1 Å². The SMILES string of the molecule is CCCCc1nn2cc(-c3cc(C)ccc3C)nc2s1. The van der Waals surface area contributed by atoms with E-state index in [4.69, 9.17) is 4.98 Å². The summed E-state index contributed by atoms with van der Waals surface area (Å²) in [4.78, 5) is 5.73. The number of fused-ring (bicyclic) bond motifs is 1. The highest BCUT2D eigenvalue weighted by atomic mass is 32.1. The number of hydrogen-bond acceptors (Lipinski definition) is 3. The third-order valence-electron chi connectivity index (χ3n) is 3.50. The maximum absolute atomic E-state index is 4.73. The number of benzene rings is 1. The van der Waals surface area contributed by atoms with Crippen LogP contribution < -0.4 is 0 Å². The molecule has 2 heterocycles. The van der Waals surface area contributed by atoms with Crippen LogP contribution in [0.5, 0.6) is 0 Å². The molecule has 3 nitrogen and oxygen atoms in total. The molecule has 0 atom stereocenters. The van der Waals surface area contributed by atoms with E-state index in [-0.39, 0.29) is 0 Å².